The van der Waals surface area contributed by atoms with Crippen LogP contribution in [0.1, 0.15) is 5.56 Å². The Bertz CT molecular complexity index is 1170. The first-order valence-corrected chi connectivity index (χ1v) is 9.31. The van der Waals surface area contributed by atoms with Gasteiger partial charge >= 0.3 is 0 Å². The molecule has 0 unspecified atom stereocenters. The topological polar surface area (TPSA) is 71.6 Å². The Morgan fingerprint density at radius 2 is 2.04 bits per heavy atom. The molecule has 0 atom stereocenters. The fraction of sp³-hybridized carbons (Fsp3) is 0.300. The van der Waals surface area contributed by atoms with Crippen molar-refractivity contribution in [2.45, 2.75) is 12.5 Å². The predicted molar refractivity (Wildman–Crippen MR) is 106 cm³/mol. The second-order valence-corrected chi connectivity index (χ2v) is 7.35. The van der Waals surface area contributed by atoms with E-state index in [0.29, 0.717) is 6.42 Å². The van der Waals surface area contributed by atoms with Crippen molar-refractivity contribution in [3.63, 3.8) is 0 Å². The number of carbonyl (C=O) groups is 1. The number of benzene rings is 1. The Balaban J connectivity index is 1.25. The summed E-state index contributed by atoms with van der Waals surface area (Å²) >= 11 is 0. The molecule has 4 aromatic rings. The number of anilines is 1. The van der Waals surface area contributed by atoms with E-state index >= 15 is 0 Å². The van der Waals surface area contributed by atoms with Crippen molar-refractivity contribution in [2.75, 3.05) is 25.0 Å². The van der Waals surface area contributed by atoms with Gasteiger partial charge in [0, 0.05) is 44.3 Å². The number of nitrogens with zero attached hydrogens (tertiary/aromatic N) is 7. The van der Waals surface area contributed by atoms with Gasteiger partial charge in [-0.2, -0.15) is 4.52 Å². The molecule has 4 heterocycles. The Kier molecular flexibility index (Phi) is 3.78. The largest absolute Gasteiger partial charge is 0.351 e. The van der Waals surface area contributed by atoms with Crippen LogP contribution >= 0.6 is 0 Å². The molecule has 8 heteroatoms. The Morgan fingerprint density at radius 3 is 2.89 bits per heavy atom. The molecule has 1 amide bonds. The highest BCUT2D eigenvalue weighted by atomic mass is 16.2. The monoisotopic (exact) mass is 375 g/mol. The molecule has 1 aromatic carbocycles. The Morgan fingerprint density at radius 1 is 1.21 bits per heavy atom. The van der Waals surface area contributed by atoms with Crippen molar-refractivity contribution < 1.29 is 4.79 Å². The number of rotatable bonds is 4. The van der Waals surface area contributed by atoms with Crippen molar-refractivity contribution in [1.29, 1.82) is 0 Å². The molecule has 5 rings (SSSR count). The number of amides is 1. The number of aryl methyl sites for hydroxylation is 1. The zero-order chi connectivity index (χ0) is 19.3. The fourth-order valence-electron chi connectivity index (χ4n) is 3.83. The van der Waals surface area contributed by atoms with E-state index < -0.39 is 0 Å². The van der Waals surface area contributed by atoms with Crippen LogP contribution in [0.15, 0.2) is 48.9 Å². The third-order valence-corrected chi connectivity index (χ3v) is 5.60. The molecule has 0 bridgehead atoms. The number of para-hydroxylation sites is 1. The van der Waals surface area contributed by atoms with E-state index in [1.165, 1.54) is 0 Å². The smallest absolute Gasteiger partial charge is 0.227 e. The van der Waals surface area contributed by atoms with E-state index in [2.05, 4.69) is 43.1 Å². The molecule has 0 saturated carbocycles. The minimum absolute atomic E-state index is 0.142. The van der Waals surface area contributed by atoms with Gasteiger partial charge in [-0.15, -0.1) is 15.3 Å². The van der Waals surface area contributed by atoms with Crippen LogP contribution in [-0.4, -0.2) is 61.4 Å². The molecule has 1 saturated heterocycles. The molecule has 0 aliphatic carbocycles. The molecular weight excluding hydrogens is 354 g/mol. The molecule has 0 spiro atoms. The van der Waals surface area contributed by atoms with Crippen LogP contribution < -0.4 is 4.90 Å². The van der Waals surface area contributed by atoms with Gasteiger partial charge in [0.2, 0.25) is 5.91 Å². The number of hydrogen-bond donors (Lipinski definition) is 0. The number of hydrogen-bond acceptors (Lipinski definition) is 5. The lowest BCUT2D eigenvalue weighted by Crippen LogP contribution is -2.60. The summed E-state index contributed by atoms with van der Waals surface area (Å²) in [6.07, 6.45) is 4.07. The summed E-state index contributed by atoms with van der Waals surface area (Å²) in [5, 5.41) is 13.5. The summed E-state index contributed by atoms with van der Waals surface area (Å²) in [4.78, 5) is 16.9. The summed E-state index contributed by atoms with van der Waals surface area (Å²) in [7, 11) is 3.91. The maximum atomic E-state index is 12.8. The van der Waals surface area contributed by atoms with Crippen LogP contribution in [0, 0.1) is 0 Å². The summed E-state index contributed by atoms with van der Waals surface area (Å²) in [5.74, 6) is 1.02. The second-order valence-electron chi connectivity index (χ2n) is 7.35. The van der Waals surface area contributed by atoms with Crippen LogP contribution in [0.3, 0.4) is 0 Å². The molecule has 8 nitrogen and oxygen atoms in total. The van der Waals surface area contributed by atoms with Gasteiger partial charge in [0.05, 0.1) is 12.5 Å². The molecule has 1 aliphatic heterocycles. The zero-order valence-corrected chi connectivity index (χ0v) is 15.9. The molecule has 0 radical (unpaired) electrons. The summed E-state index contributed by atoms with van der Waals surface area (Å²) in [5.41, 5.74) is 2.95. The first kappa shape index (κ1) is 16.7. The first-order valence-electron chi connectivity index (χ1n) is 9.31. The quantitative estimate of drug-likeness (QED) is 0.541. The Hall–Kier alpha value is -3.42. The van der Waals surface area contributed by atoms with E-state index in [0.717, 1.165) is 41.0 Å². The van der Waals surface area contributed by atoms with Gasteiger partial charge in [-0.05, 0) is 23.8 Å². The predicted octanol–water partition coefficient (Wildman–Crippen LogP) is 1.51. The molecule has 28 heavy (non-hydrogen) atoms. The number of fused-ring (bicyclic) bond motifs is 2. The average molecular weight is 375 g/mol. The van der Waals surface area contributed by atoms with Gasteiger partial charge in [-0.25, -0.2) is 0 Å². The van der Waals surface area contributed by atoms with Crippen LogP contribution in [0.4, 0.5) is 5.82 Å². The first-order chi connectivity index (χ1) is 13.6. The van der Waals surface area contributed by atoms with Gasteiger partial charge in [-0.1, -0.05) is 18.2 Å². The number of aromatic nitrogens is 5. The standard InChI is InChI=1S/C20H21N7O/c1-24-10-14(16-5-3-4-6-17(16)24)9-20(28)25(2)15-11-26(12-15)19-8-7-18-22-21-13-27(18)23-19/h3-8,10,13,15H,9,11-12H2,1-2H3. The number of carbonyl (C=O) groups excluding carboxylic acids is 1. The third-order valence-electron chi connectivity index (χ3n) is 5.60. The van der Waals surface area contributed by atoms with Crippen molar-refractivity contribution in [1.82, 2.24) is 29.3 Å². The van der Waals surface area contributed by atoms with Crippen molar-refractivity contribution in [3.05, 3.63) is 54.5 Å². The van der Waals surface area contributed by atoms with E-state index in [-0.39, 0.29) is 11.9 Å². The summed E-state index contributed by atoms with van der Waals surface area (Å²) < 4.78 is 3.74. The maximum Gasteiger partial charge on any atom is 0.227 e. The zero-order valence-electron chi connectivity index (χ0n) is 15.9. The lowest BCUT2D eigenvalue weighted by Gasteiger charge is -2.44. The molecule has 0 N–H and O–H groups in total. The molecule has 142 valence electrons. The highest BCUT2D eigenvalue weighted by Gasteiger charge is 2.33. The minimum atomic E-state index is 0.142. The van der Waals surface area contributed by atoms with Gasteiger partial charge < -0.3 is 14.4 Å². The van der Waals surface area contributed by atoms with E-state index in [1.807, 2.05) is 43.3 Å². The van der Waals surface area contributed by atoms with Crippen LogP contribution in [0.25, 0.3) is 16.6 Å². The molecule has 1 fully saturated rings. The third kappa shape index (κ3) is 2.69. The van der Waals surface area contributed by atoms with Crippen molar-refractivity contribution >= 4 is 28.3 Å². The summed E-state index contributed by atoms with van der Waals surface area (Å²) in [6, 6.07) is 12.2. The average Bonchev–Trinajstić information content (AvgIpc) is 3.25. The molecule has 3 aromatic heterocycles. The SMILES string of the molecule is CN(C(=O)Cc1cn(C)c2ccccc12)C1CN(c2ccc3nncn3n2)C1. The minimum Gasteiger partial charge on any atom is -0.351 e. The van der Waals surface area contributed by atoms with Gasteiger partial charge in [0.25, 0.3) is 0 Å². The lowest BCUT2D eigenvalue weighted by molar-refractivity contribution is -0.131. The summed E-state index contributed by atoms with van der Waals surface area (Å²) in [6.45, 7) is 1.55. The normalized spacial score (nSPS) is 14.6. The number of likely N-dealkylation sites (N-methyl/N-ethyl adjacent to an activating group) is 1. The van der Waals surface area contributed by atoms with Gasteiger partial charge in [-0.3, -0.25) is 4.79 Å². The molecular formula is C20H21N7O. The van der Waals surface area contributed by atoms with Crippen LogP contribution in [0.5, 0.6) is 0 Å². The van der Waals surface area contributed by atoms with Crippen LogP contribution in [0.2, 0.25) is 0 Å². The van der Waals surface area contributed by atoms with Crippen LogP contribution in [-0.2, 0) is 18.3 Å². The lowest BCUT2D eigenvalue weighted by atomic mass is 10.1. The van der Waals surface area contributed by atoms with Crippen molar-refractivity contribution in [2.24, 2.45) is 7.05 Å². The Labute approximate surface area is 162 Å². The van der Waals surface area contributed by atoms with Gasteiger partial charge in [0.1, 0.15) is 12.1 Å². The van der Waals surface area contributed by atoms with Crippen molar-refractivity contribution in [3.8, 4) is 0 Å². The van der Waals surface area contributed by atoms with E-state index in [4.69, 9.17) is 0 Å². The van der Waals surface area contributed by atoms with E-state index in [1.54, 1.807) is 10.8 Å². The van der Waals surface area contributed by atoms with Gasteiger partial charge in [0.15, 0.2) is 5.65 Å². The maximum absolute atomic E-state index is 12.8. The highest BCUT2D eigenvalue weighted by molar-refractivity contribution is 5.89. The second kappa shape index (κ2) is 6.33. The fourth-order valence-corrected chi connectivity index (χ4v) is 3.83. The molecule has 1 aliphatic rings. The van der Waals surface area contributed by atoms with E-state index in [9.17, 15) is 4.79 Å². The highest BCUT2D eigenvalue weighted by Crippen LogP contribution is 2.24.